The topological polar surface area (TPSA) is 0 Å². The third-order valence-electron chi connectivity index (χ3n) is 1.61. The van der Waals surface area contributed by atoms with Crippen LogP contribution in [-0.4, -0.2) is 14.3 Å². The van der Waals surface area contributed by atoms with Crippen LogP contribution in [0.15, 0.2) is 0 Å². The zero-order valence-electron chi connectivity index (χ0n) is 4.57. The second kappa shape index (κ2) is 1.32. The summed E-state index contributed by atoms with van der Waals surface area (Å²) in [5.74, 6) is 1.04. The fourth-order valence-corrected chi connectivity index (χ4v) is 1.30. The second-order valence-electron chi connectivity index (χ2n) is 2.68. The largest absolute Gasteiger partial charge is 0.101 e. The monoisotopic (exact) mass is 80.1 g/mol. The molecule has 0 aromatic carbocycles. The third kappa shape index (κ3) is 0.612. The van der Waals surface area contributed by atoms with E-state index in [-0.39, 0.29) is 0 Å². The van der Waals surface area contributed by atoms with E-state index >= 15 is 0 Å². The molecule has 1 fully saturated rings. The van der Waals surface area contributed by atoms with Gasteiger partial charge in [0.15, 0.2) is 0 Å². The van der Waals surface area contributed by atoms with Crippen LogP contribution in [0.25, 0.3) is 0 Å². The molecule has 1 rings (SSSR count). The van der Waals surface area contributed by atoms with Gasteiger partial charge in [-0.2, -0.15) is 0 Å². The van der Waals surface area contributed by atoms with E-state index in [2.05, 4.69) is 14.7 Å². The van der Waals surface area contributed by atoms with Crippen LogP contribution in [0.5, 0.6) is 0 Å². The number of rotatable bonds is 0. The van der Waals surface area contributed by atoms with Crippen molar-refractivity contribution in [1.29, 1.82) is 0 Å². The average Bonchev–Trinajstić information content (AvgIpc) is 1.33. The molecular weight excluding hydrogens is 69.7 g/mol. The molecule has 0 saturated carbocycles. The first kappa shape index (κ1) is 4.29. The van der Waals surface area contributed by atoms with Crippen molar-refractivity contribution in [3.8, 4) is 0 Å². The molecule has 1 aliphatic rings. The van der Waals surface area contributed by atoms with Crippen LogP contribution in [0.4, 0.5) is 0 Å². The molecule has 0 atom stereocenters. The molecule has 0 amide bonds. The van der Waals surface area contributed by atoms with Crippen LogP contribution in [0.3, 0.4) is 0 Å². The SMILES string of the molecule is BB1CC(C)C1. The summed E-state index contributed by atoms with van der Waals surface area (Å²) in [6.45, 7) is 3.36. The van der Waals surface area contributed by atoms with Gasteiger partial charge in [0, 0.05) is 0 Å². The predicted octanol–water partition coefficient (Wildman–Crippen LogP) is 0.261. The highest BCUT2D eigenvalue weighted by Crippen LogP contribution is 2.24. The highest BCUT2D eigenvalue weighted by atomic mass is 14.0. The summed E-state index contributed by atoms with van der Waals surface area (Å²) in [7, 11) is 2.32. The Hall–Kier alpha value is 0.130. The summed E-state index contributed by atoms with van der Waals surface area (Å²) < 4.78 is 0. The van der Waals surface area contributed by atoms with E-state index < -0.39 is 0 Å². The standard InChI is InChI=1S/C4H10B2/c1-4-2-6(5)3-4/h4H,2-3,5H2,1H3. The minimum Gasteiger partial charge on any atom is -0.0792 e. The Morgan fingerprint density at radius 2 is 2.17 bits per heavy atom. The van der Waals surface area contributed by atoms with Crippen LogP contribution in [0, 0.1) is 5.92 Å². The summed E-state index contributed by atoms with van der Waals surface area (Å²) in [5, 5.41) is 0. The first-order valence-electron chi connectivity index (χ1n) is 2.79. The van der Waals surface area contributed by atoms with E-state index in [1.807, 2.05) is 0 Å². The van der Waals surface area contributed by atoms with E-state index in [9.17, 15) is 0 Å². The third-order valence-corrected chi connectivity index (χ3v) is 1.61. The van der Waals surface area contributed by atoms with Gasteiger partial charge in [-0.1, -0.05) is 25.5 Å². The lowest BCUT2D eigenvalue weighted by Gasteiger charge is -2.26. The molecule has 32 valence electrons. The van der Waals surface area contributed by atoms with Crippen LogP contribution in [-0.2, 0) is 0 Å². The molecule has 0 radical (unpaired) electrons. The fraction of sp³-hybridized carbons (Fsp3) is 1.00. The van der Waals surface area contributed by atoms with E-state index in [0.717, 1.165) is 12.5 Å². The maximum atomic E-state index is 2.32. The van der Waals surface area contributed by atoms with E-state index in [1.165, 1.54) is 12.6 Å². The van der Waals surface area contributed by atoms with Gasteiger partial charge in [0.25, 0.3) is 0 Å². The summed E-state index contributed by atoms with van der Waals surface area (Å²) >= 11 is 0. The van der Waals surface area contributed by atoms with Crippen LogP contribution in [0.1, 0.15) is 6.92 Å². The Morgan fingerprint density at radius 1 is 1.67 bits per heavy atom. The summed E-state index contributed by atoms with van der Waals surface area (Å²) in [6, 6.07) is 0. The van der Waals surface area contributed by atoms with Crippen molar-refractivity contribution in [3.05, 3.63) is 0 Å². The summed E-state index contributed by atoms with van der Waals surface area (Å²) in [4.78, 5) is 0. The maximum Gasteiger partial charge on any atom is 0.101 e. The molecular formula is C4H10B2. The summed E-state index contributed by atoms with van der Waals surface area (Å²) in [5.41, 5.74) is 0. The Labute approximate surface area is 40.8 Å². The van der Waals surface area contributed by atoms with Crippen LogP contribution < -0.4 is 0 Å². The molecule has 0 nitrogen and oxygen atoms in total. The van der Waals surface area contributed by atoms with Gasteiger partial charge in [-0.25, -0.2) is 0 Å². The molecule has 2 heteroatoms. The lowest BCUT2D eigenvalue weighted by Crippen LogP contribution is -2.29. The Balaban J connectivity index is 2.11. The molecule has 0 aromatic rings. The molecule has 0 aromatic heterocycles. The van der Waals surface area contributed by atoms with E-state index in [4.69, 9.17) is 0 Å². The Kier molecular flexibility index (Phi) is 0.947. The molecule has 1 heterocycles. The molecule has 0 spiro atoms. The van der Waals surface area contributed by atoms with Gasteiger partial charge >= 0.3 is 0 Å². The van der Waals surface area contributed by atoms with E-state index in [0.29, 0.717) is 0 Å². The average molecular weight is 79.7 g/mol. The quantitative estimate of drug-likeness (QED) is 0.366. The van der Waals surface area contributed by atoms with Crippen molar-refractivity contribution in [1.82, 2.24) is 0 Å². The first-order valence-corrected chi connectivity index (χ1v) is 2.79. The molecule has 1 aliphatic heterocycles. The second-order valence-corrected chi connectivity index (χ2v) is 2.68. The molecule has 0 unspecified atom stereocenters. The summed E-state index contributed by atoms with van der Waals surface area (Å²) in [6.07, 6.45) is 2.94. The van der Waals surface area contributed by atoms with Gasteiger partial charge in [-0.15, -0.1) is 0 Å². The first-order chi connectivity index (χ1) is 2.79. The molecule has 6 heavy (non-hydrogen) atoms. The minimum atomic E-state index is 1.04. The van der Waals surface area contributed by atoms with Crippen LogP contribution in [0.2, 0.25) is 12.6 Å². The smallest absolute Gasteiger partial charge is 0.0792 e. The van der Waals surface area contributed by atoms with Gasteiger partial charge < -0.3 is 0 Å². The van der Waals surface area contributed by atoms with Crippen molar-refractivity contribution in [2.45, 2.75) is 19.6 Å². The molecule has 0 bridgehead atoms. The highest BCUT2D eigenvalue weighted by Gasteiger charge is 2.22. The van der Waals surface area contributed by atoms with Gasteiger partial charge in [-0.3, -0.25) is 0 Å². The zero-order valence-corrected chi connectivity index (χ0v) is 4.57. The van der Waals surface area contributed by atoms with Crippen molar-refractivity contribution in [2.24, 2.45) is 5.92 Å². The van der Waals surface area contributed by atoms with E-state index in [1.54, 1.807) is 0 Å². The molecule has 0 N–H and O–H groups in total. The fourth-order valence-electron chi connectivity index (χ4n) is 1.30. The predicted molar refractivity (Wildman–Crippen MR) is 33.1 cm³/mol. The zero-order chi connectivity index (χ0) is 4.57. The minimum absolute atomic E-state index is 1.04. The Bertz CT molecular complexity index is 41.5. The molecule has 0 aliphatic carbocycles. The van der Waals surface area contributed by atoms with Gasteiger partial charge in [-0.05, 0) is 0 Å². The van der Waals surface area contributed by atoms with Crippen molar-refractivity contribution >= 4 is 14.3 Å². The lowest BCUT2D eigenvalue weighted by atomic mass is 9.20. The van der Waals surface area contributed by atoms with Crippen molar-refractivity contribution in [2.75, 3.05) is 0 Å². The van der Waals surface area contributed by atoms with Crippen molar-refractivity contribution in [3.63, 3.8) is 0 Å². The van der Waals surface area contributed by atoms with Gasteiger partial charge in [0.1, 0.15) is 6.60 Å². The number of hydrogen-bond donors (Lipinski definition) is 0. The lowest BCUT2D eigenvalue weighted by molar-refractivity contribution is 0.661. The number of hydrogen-bond acceptors (Lipinski definition) is 0. The van der Waals surface area contributed by atoms with Gasteiger partial charge in [0.05, 0.1) is 7.74 Å². The maximum absolute atomic E-state index is 2.32. The van der Waals surface area contributed by atoms with Gasteiger partial charge in [0.2, 0.25) is 0 Å². The highest BCUT2D eigenvalue weighted by molar-refractivity contribution is 7.04. The Morgan fingerprint density at radius 3 is 2.17 bits per heavy atom. The van der Waals surface area contributed by atoms with Crippen LogP contribution >= 0.6 is 0 Å². The van der Waals surface area contributed by atoms with Crippen molar-refractivity contribution < 1.29 is 0 Å². The normalized spacial score (nSPS) is 23.8. The molecule has 1 saturated heterocycles.